The van der Waals surface area contributed by atoms with Gasteiger partial charge in [0.05, 0.1) is 5.69 Å². The Balaban J connectivity index is 2.23. The summed E-state index contributed by atoms with van der Waals surface area (Å²) < 4.78 is 0. The van der Waals surface area contributed by atoms with E-state index in [9.17, 15) is 4.79 Å². The van der Waals surface area contributed by atoms with E-state index in [-0.39, 0.29) is 5.78 Å². The number of fused-ring (bicyclic) bond motifs is 1. The Bertz CT molecular complexity index is 741. The molecule has 0 radical (unpaired) electrons. The number of aryl methyl sites for hydroxylation is 2. The van der Waals surface area contributed by atoms with Crippen molar-refractivity contribution in [1.82, 2.24) is 0 Å². The van der Waals surface area contributed by atoms with Crippen LogP contribution in [-0.2, 0) is 0 Å². The molecule has 0 bridgehead atoms. The third-order valence-corrected chi connectivity index (χ3v) is 3.81. The molecule has 1 aliphatic heterocycles. The maximum Gasteiger partial charge on any atom is 0.170 e. The van der Waals surface area contributed by atoms with Crippen LogP contribution in [0.4, 0.5) is 5.69 Å². The van der Waals surface area contributed by atoms with Crippen molar-refractivity contribution in [1.29, 1.82) is 0 Å². The highest BCUT2D eigenvalue weighted by Crippen LogP contribution is 2.34. The Kier molecular flexibility index (Phi) is 3.01. The summed E-state index contributed by atoms with van der Waals surface area (Å²) >= 11 is 0. The van der Waals surface area contributed by atoms with Gasteiger partial charge >= 0.3 is 0 Å². The number of nitrogens with zero attached hydrogens (tertiary/aromatic N) is 1. The van der Waals surface area contributed by atoms with Gasteiger partial charge in [0.15, 0.2) is 5.78 Å². The molecule has 0 saturated heterocycles. The zero-order valence-electron chi connectivity index (χ0n) is 12.0. The topological polar surface area (TPSA) is 29.4 Å². The lowest BCUT2D eigenvalue weighted by molar-refractivity contribution is 0.0999. The first-order chi connectivity index (χ1) is 9.56. The van der Waals surface area contributed by atoms with Crippen LogP contribution in [0, 0.1) is 13.8 Å². The van der Waals surface area contributed by atoms with Gasteiger partial charge in [0.25, 0.3) is 0 Å². The fourth-order valence-electron chi connectivity index (χ4n) is 2.75. The average molecular weight is 263 g/mol. The second kappa shape index (κ2) is 4.71. The van der Waals surface area contributed by atoms with Gasteiger partial charge in [-0.05, 0) is 55.2 Å². The molecule has 0 atom stereocenters. The minimum atomic E-state index is 0.169. The van der Waals surface area contributed by atoms with Gasteiger partial charge in [-0.3, -0.25) is 9.79 Å². The van der Waals surface area contributed by atoms with Crippen molar-refractivity contribution >= 4 is 17.2 Å². The number of carbonyl (C=O) groups excluding carboxylic acids is 1. The molecule has 0 amide bonds. The zero-order chi connectivity index (χ0) is 14.3. The van der Waals surface area contributed by atoms with E-state index in [4.69, 9.17) is 0 Å². The molecule has 2 aromatic carbocycles. The Hall–Kier alpha value is -2.22. The van der Waals surface area contributed by atoms with Crippen LogP contribution in [0.25, 0.3) is 11.1 Å². The second-order valence-corrected chi connectivity index (χ2v) is 5.45. The number of hydrogen-bond acceptors (Lipinski definition) is 2. The third-order valence-electron chi connectivity index (χ3n) is 3.81. The van der Waals surface area contributed by atoms with Gasteiger partial charge in [-0.1, -0.05) is 24.3 Å². The summed E-state index contributed by atoms with van der Waals surface area (Å²) in [6.07, 6.45) is 0.434. The van der Waals surface area contributed by atoms with Gasteiger partial charge in [-0.15, -0.1) is 0 Å². The molecule has 0 N–H and O–H groups in total. The van der Waals surface area contributed by atoms with Gasteiger partial charge in [0.2, 0.25) is 0 Å². The summed E-state index contributed by atoms with van der Waals surface area (Å²) in [5, 5.41) is 0. The van der Waals surface area contributed by atoms with E-state index in [2.05, 4.69) is 31.0 Å². The van der Waals surface area contributed by atoms with Crippen molar-refractivity contribution in [2.45, 2.75) is 27.2 Å². The number of hydrogen-bond donors (Lipinski definition) is 0. The maximum absolute atomic E-state index is 12.2. The summed E-state index contributed by atoms with van der Waals surface area (Å²) in [6.45, 7) is 6.08. The first kappa shape index (κ1) is 12.8. The highest BCUT2D eigenvalue weighted by molar-refractivity contribution is 6.15. The van der Waals surface area contributed by atoms with E-state index in [1.54, 1.807) is 0 Å². The molecule has 1 heterocycles. The van der Waals surface area contributed by atoms with Crippen molar-refractivity contribution in [2.75, 3.05) is 0 Å². The highest BCUT2D eigenvalue weighted by Gasteiger charge is 2.20. The molecule has 0 aromatic heterocycles. The molecule has 2 heteroatoms. The van der Waals surface area contributed by atoms with Crippen LogP contribution in [0.1, 0.15) is 34.8 Å². The normalized spacial score (nSPS) is 13.9. The van der Waals surface area contributed by atoms with E-state index in [1.807, 2.05) is 31.2 Å². The number of rotatable bonds is 1. The third kappa shape index (κ3) is 2.07. The molecule has 20 heavy (non-hydrogen) atoms. The lowest BCUT2D eigenvalue weighted by Crippen LogP contribution is -2.11. The van der Waals surface area contributed by atoms with Gasteiger partial charge in [0, 0.05) is 17.7 Å². The minimum absolute atomic E-state index is 0.169. The van der Waals surface area contributed by atoms with Crippen LogP contribution < -0.4 is 0 Å². The van der Waals surface area contributed by atoms with Crippen LogP contribution in [0.15, 0.2) is 41.4 Å². The van der Waals surface area contributed by atoms with Gasteiger partial charge < -0.3 is 0 Å². The lowest BCUT2D eigenvalue weighted by Gasteiger charge is -2.17. The average Bonchev–Trinajstić information content (AvgIpc) is 2.39. The smallest absolute Gasteiger partial charge is 0.170 e. The molecule has 0 saturated carbocycles. The van der Waals surface area contributed by atoms with Crippen LogP contribution in [0.5, 0.6) is 0 Å². The van der Waals surface area contributed by atoms with Crippen LogP contribution in [0.3, 0.4) is 0 Å². The fraction of sp³-hybridized carbons (Fsp3) is 0.222. The Morgan fingerprint density at radius 3 is 2.40 bits per heavy atom. The highest BCUT2D eigenvalue weighted by atomic mass is 16.1. The molecule has 100 valence electrons. The molecule has 0 aliphatic carbocycles. The first-order valence-corrected chi connectivity index (χ1v) is 6.84. The maximum atomic E-state index is 12.2. The van der Waals surface area contributed by atoms with E-state index in [1.165, 1.54) is 11.1 Å². The molecule has 0 spiro atoms. The summed E-state index contributed by atoms with van der Waals surface area (Å²) in [7, 11) is 0. The van der Waals surface area contributed by atoms with Crippen molar-refractivity contribution in [3.05, 3.63) is 53.1 Å². The largest absolute Gasteiger partial charge is 0.294 e. The van der Waals surface area contributed by atoms with Crippen molar-refractivity contribution in [2.24, 2.45) is 4.99 Å². The summed E-state index contributed by atoms with van der Waals surface area (Å²) in [4.78, 5) is 16.7. The number of Topliss-reactive ketones (excluding diaryl/α,β-unsaturated/α-hetero) is 1. The van der Waals surface area contributed by atoms with E-state index >= 15 is 0 Å². The van der Waals surface area contributed by atoms with E-state index < -0.39 is 0 Å². The van der Waals surface area contributed by atoms with E-state index in [0.717, 1.165) is 28.1 Å². The minimum Gasteiger partial charge on any atom is -0.294 e. The molecule has 3 rings (SSSR count). The Labute approximate surface area is 119 Å². The number of ketones is 1. The molecular weight excluding hydrogens is 246 g/mol. The fourth-order valence-corrected chi connectivity index (χ4v) is 2.75. The Morgan fingerprint density at radius 1 is 0.900 bits per heavy atom. The quantitative estimate of drug-likeness (QED) is 0.736. The second-order valence-electron chi connectivity index (χ2n) is 5.45. The predicted octanol–water partition coefficient (Wildman–Crippen LogP) is 4.65. The lowest BCUT2D eigenvalue weighted by atomic mass is 9.91. The number of carbonyl (C=O) groups is 1. The molecule has 0 unspecified atom stereocenters. The van der Waals surface area contributed by atoms with Gasteiger partial charge in [0.1, 0.15) is 0 Å². The van der Waals surface area contributed by atoms with Crippen LogP contribution in [0.2, 0.25) is 0 Å². The van der Waals surface area contributed by atoms with Crippen molar-refractivity contribution < 1.29 is 4.79 Å². The number of benzene rings is 2. The number of aliphatic imine (C=N–C) groups is 1. The van der Waals surface area contributed by atoms with Crippen LogP contribution >= 0.6 is 0 Å². The van der Waals surface area contributed by atoms with Crippen LogP contribution in [-0.4, -0.2) is 11.5 Å². The van der Waals surface area contributed by atoms with Crippen molar-refractivity contribution in [3.63, 3.8) is 0 Å². The van der Waals surface area contributed by atoms with Gasteiger partial charge in [-0.25, -0.2) is 0 Å². The summed E-state index contributed by atoms with van der Waals surface area (Å²) in [6, 6.07) is 12.3. The zero-order valence-corrected chi connectivity index (χ0v) is 12.0. The van der Waals surface area contributed by atoms with Crippen molar-refractivity contribution in [3.8, 4) is 11.1 Å². The summed E-state index contributed by atoms with van der Waals surface area (Å²) in [5.41, 5.74) is 7.15. The predicted molar refractivity (Wildman–Crippen MR) is 83.1 cm³/mol. The molecule has 0 fully saturated rings. The Morgan fingerprint density at radius 2 is 1.65 bits per heavy atom. The molecule has 1 aliphatic rings. The molecule has 2 nitrogen and oxygen atoms in total. The molecule has 2 aromatic rings. The molecular formula is C18H17NO. The van der Waals surface area contributed by atoms with E-state index in [0.29, 0.717) is 6.42 Å². The van der Waals surface area contributed by atoms with Gasteiger partial charge in [-0.2, -0.15) is 0 Å². The SMILES string of the molecule is CC1=Nc2cc(C)c(-c3ccccc3C)cc2C(=O)C1. The monoisotopic (exact) mass is 263 g/mol. The first-order valence-electron chi connectivity index (χ1n) is 6.84. The summed E-state index contributed by atoms with van der Waals surface area (Å²) in [5.74, 6) is 0.169. The standard InChI is InChI=1S/C18H17NO/c1-11-6-4-5-7-14(11)15-10-16-17(8-12(15)2)19-13(3)9-18(16)20/h4-8,10H,9H2,1-3H3.